The van der Waals surface area contributed by atoms with Crippen LogP contribution in [0, 0.1) is 5.92 Å². The summed E-state index contributed by atoms with van der Waals surface area (Å²) in [4.78, 5) is 15.3. The average Bonchev–Trinajstić information content (AvgIpc) is 2.64. The molecule has 1 fully saturated rings. The van der Waals surface area contributed by atoms with Gasteiger partial charge in [0, 0.05) is 24.7 Å². The van der Waals surface area contributed by atoms with E-state index in [1.54, 1.807) is 6.20 Å². The fourth-order valence-corrected chi connectivity index (χ4v) is 3.35. The van der Waals surface area contributed by atoms with Crippen molar-refractivity contribution in [2.24, 2.45) is 5.92 Å². The van der Waals surface area contributed by atoms with Crippen molar-refractivity contribution < 1.29 is 4.74 Å². The second-order valence-electron chi connectivity index (χ2n) is 6.54. The molecule has 1 atom stereocenters. The van der Waals surface area contributed by atoms with E-state index in [9.17, 15) is 0 Å². The Bertz CT molecular complexity index is 893. The fourth-order valence-electron chi connectivity index (χ4n) is 3.35. The Kier molecular flexibility index (Phi) is 4.09. The van der Waals surface area contributed by atoms with Crippen LogP contribution in [0.2, 0.25) is 0 Å². The van der Waals surface area contributed by atoms with Gasteiger partial charge in [-0.25, -0.2) is 4.98 Å². The summed E-state index contributed by atoms with van der Waals surface area (Å²) in [6, 6.07) is 9.71. The Morgan fingerprint density at radius 1 is 1.16 bits per heavy atom. The minimum absolute atomic E-state index is 0.376. The lowest BCUT2D eigenvalue weighted by atomic mass is 10.0. The fraction of sp³-hybridized carbons (Fsp3) is 0.316. The summed E-state index contributed by atoms with van der Waals surface area (Å²) in [5, 5.41) is 1.01. The van der Waals surface area contributed by atoms with Gasteiger partial charge < -0.3 is 15.4 Å². The van der Waals surface area contributed by atoms with Crippen molar-refractivity contribution in [3.05, 3.63) is 42.9 Å². The third kappa shape index (κ3) is 3.07. The van der Waals surface area contributed by atoms with E-state index < -0.39 is 0 Å². The molecule has 2 N–H and O–H groups in total. The van der Waals surface area contributed by atoms with Gasteiger partial charge in [-0.15, -0.1) is 0 Å². The number of nitrogens with zero attached hydrogens (tertiary/aromatic N) is 4. The van der Waals surface area contributed by atoms with Crippen LogP contribution in [0.4, 0.5) is 11.5 Å². The summed E-state index contributed by atoms with van der Waals surface area (Å²) in [6.07, 6.45) is 5.65. The van der Waals surface area contributed by atoms with E-state index in [0.717, 1.165) is 36.2 Å². The topological polar surface area (TPSA) is 77.2 Å². The first kappa shape index (κ1) is 15.6. The second-order valence-corrected chi connectivity index (χ2v) is 6.54. The molecule has 3 aromatic rings. The van der Waals surface area contributed by atoms with Gasteiger partial charge in [0.2, 0.25) is 5.88 Å². The van der Waals surface area contributed by atoms with E-state index in [0.29, 0.717) is 23.2 Å². The molecule has 25 heavy (non-hydrogen) atoms. The number of piperidine rings is 1. The molecule has 0 aliphatic carbocycles. The molecule has 4 rings (SSSR count). The van der Waals surface area contributed by atoms with Crippen LogP contribution < -0.4 is 15.4 Å². The Morgan fingerprint density at radius 3 is 2.92 bits per heavy atom. The number of hydrogen-bond donors (Lipinski definition) is 1. The van der Waals surface area contributed by atoms with Gasteiger partial charge in [-0.3, -0.25) is 4.98 Å². The van der Waals surface area contributed by atoms with Crippen LogP contribution in [0.25, 0.3) is 10.9 Å². The first-order valence-corrected chi connectivity index (χ1v) is 8.59. The minimum atomic E-state index is 0.376. The van der Waals surface area contributed by atoms with Crippen molar-refractivity contribution in [2.75, 3.05) is 23.7 Å². The number of nitrogen functional groups attached to an aromatic ring is 1. The summed E-state index contributed by atoms with van der Waals surface area (Å²) in [6.45, 7) is 4.17. The van der Waals surface area contributed by atoms with E-state index in [2.05, 4.69) is 26.8 Å². The van der Waals surface area contributed by atoms with Gasteiger partial charge in [0.1, 0.15) is 17.5 Å². The van der Waals surface area contributed by atoms with Gasteiger partial charge in [0.25, 0.3) is 0 Å². The highest BCUT2D eigenvalue weighted by Gasteiger charge is 2.22. The van der Waals surface area contributed by atoms with Gasteiger partial charge in [-0.1, -0.05) is 25.1 Å². The van der Waals surface area contributed by atoms with Crippen LogP contribution in [0.5, 0.6) is 11.6 Å². The van der Waals surface area contributed by atoms with Gasteiger partial charge in [-0.05, 0) is 30.9 Å². The molecule has 6 heteroatoms. The highest BCUT2D eigenvalue weighted by atomic mass is 16.5. The number of rotatable bonds is 3. The molecule has 0 bridgehead atoms. The Balaban J connectivity index is 1.68. The zero-order valence-electron chi connectivity index (χ0n) is 14.2. The molecule has 2 aromatic heterocycles. The Morgan fingerprint density at radius 2 is 2.04 bits per heavy atom. The second kappa shape index (κ2) is 6.55. The number of pyridine rings is 1. The third-order valence-electron chi connectivity index (χ3n) is 4.59. The summed E-state index contributed by atoms with van der Waals surface area (Å²) in [5.74, 6) is 2.40. The maximum Gasteiger partial charge on any atom is 0.248 e. The molecule has 3 heterocycles. The van der Waals surface area contributed by atoms with E-state index in [1.807, 2.05) is 30.3 Å². The molecular formula is C19H21N5O. The summed E-state index contributed by atoms with van der Waals surface area (Å²) in [5.41, 5.74) is 7.60. The maximum absolute atomic E-state index is 6.34. The van der Waals surface area contributed by atoms with E-state index >= 15 is 0 Å². The van der Waals surface area contributed by atoms with Crippen LogP contribution in [-0.2, 0) is 0 Å². The normalized spacial score (nSPS) is 17.6. The van der Waals surface area contributed by atoms with E-state index in [1.165, 1.54) is 12.7 Å². The van der Waals surface area contributed by atoms with Crippen LogP contribution in [0.15, 0.2) is 42.9 Å². The molecule has 1 aliphatic rings. The number of hydrogen-bond acceptors (Lipinski definition) is 6. The number of nitrogens with two attached hydrogens (primary N) is 1. The Hall–Kier alpha value is -2.89. The van der Waals surface area contributed by atoms with E-state index in [-0.39, 0.29) is 0 Å². The standard InChI is InChI=1S/C19H21N5O/c1-13-5-4-10-24(11-13)18-16(20)19(23-12-22-18)25-15-8-2-6-14-7-3-9-21-17(14)15/h2-3,6-9,12-13H,4-5,10-11,20H2,1H3. The smallest absolute Gasteiger partial charge is 0.248 e. The van der Waals surface area contributed by atoms with Crippen molar-refractivity contribution >= 4 is 22.4 Å². The van der Waals surface area contributed by atoms with Gasteiger partial charge in [0.05, 0.1) is 0 Å². The van der Waals surface area contributed by atoms with Crippen LogP contribution >= 0.6 is 0 Å². The molecule has 0 radical (unpaired) electrons. The minimum Gasteiger partial charge on any atom is -0.435 e. The largest absolute Gasteiger partial charge is 0.435 e. The van der Waals surface area contributed by atoms with Crippen LogP contribution in [-0.4, -0.2) is 28.0 Å². The zero-order valence-corrected chi connectivity index (χ0v) is 14.2. The van der Waals surface area contributed by atoms with Crippen molar-refractivity contribution in [3.63, 3.8) is 0 Å². The summed E-state index contributed by atoms with van der Waals surface area (Å²) < 4.78 is 6.02. The predicted octanol–water partition coefficient (Wildman–Crippen LogP) is 3.64. The lowest BCUT2D eigenvalue weighted by Gasteiger charge is -2.32. The lowest BCUT2D eigenvalue weighted by molar-refractivity contribution is 0.441. The molecule has 128 valence electrons. The maximum atomic E-state index is 6.34. The van der Waals surface area contributed by atoms with Crippen molar-refractivity contribution in [1.29, 1.82) is 0 Å². The van der Waals surface area contributed by atoms with E-state index in [4.69, 9.17) is 10.5 Å². The molecule has 1 saturated heterocycles. The number of anilines is 2. The van der Waals surface area contributed by atoms with Crippen molar-refractivity contribution in [3.8, 4) is 11.6 Å². The number of benzene rings is 1. The van der Waals surface area contributed by atoms with Gasteiger partial charge in [0.15, 0.2) is 11.6 Å². The average molecular weight is 335 g/mol. The molecule has 1 unspecified atom stereocenters. The van der Waals surface area contributed by atoms with Gasteiger partial charge in [-0.2, -0.15) is 4.98 Å². The van der Waals surface area contributed by atoms with Crippen molar-refractivity contribution in [1.82, 2.24) is 15.0 Å². The highest BCUT2D eigenvalue weighted by Crippen LogP contribution is 2.35. The monoisotopic (exact) mass is 335 g/mol. The Labute approximate surface area is 146 Å². The number of aromatic nitrogens is 3. The van der Waals surface area contributed by atoms with Crippen molar-refractivity contribution in [2.45, 2.75) is 19.8 Å². The third-order valence-corrected chi connectivity index (χ3v) is 4.59. The molecular weight excluding hydrogens is 314 g/mol. The molecule has 0 spiro atoms. The SMILES string of the molecule is CC1CCCN(c2ncnc(Oc3cccc4cccnc34)c2N)C1. The predicted molar refractivity (Wildman–Crippen MR) is 98.9 cm³/mol. The first-order valence-electron chi connectivity index (χ1n) is 8.59. The highest BCUT2D eigenvalue weighted by molar-refractivity contribution is 5.84. The van der Waals surface area contributed by atoms with Crippen LogP contribution in [0.3, 0.4) is 0 Å². The summed E-state index contributed by atoms with van der Waals surface area (Å²) in [7, 11) is 0. The van der Waals surface area contributed by atoms with Crippen LogP contribution in [0.1, 0.15) is 19.8 Å². The molecule has 0 saturated carbocycles. The van der Waals surface area contributed by atoms with Gasteiger partial charge >= 0.3 is 0 Å². The zero-order chi connectivity index (χ0) is 17.2. The molecule has 1 aliphatic heterocycles. The quantitative estimate of drug-likeness (QED) is 0.787. The first-order chi connectivity index (χ1) is 12.2. The number of fused-ring (bicyclic) bond motifs is 1. The molecule has 6 nitrogen and oxygen atoms in total. The number of para-hydroxylation sites is 1. The number of ether oxygens (including phenoxy) is 1. The summed E-state index contributed by atoms with van der Waals surface area (Å²) >= 11 is 0. The molecule has 0 amide bonds. The lowest BCUT2D eigenvalue weighted by Crippen LogP contribution is -2.35. The molecule has 1 aromatic carbocycles.